The molecule has 19 heavy (non-hydrogen) atoms. The molecule has 0 aromatic heterocycles. The number of rotatable bonds is 8. The van der Waals surface area contributed by atoms with E-state index in [1.54, 1.807) is 7.11 Å². The van der Waals surface area contributed by atoms with Crippen LogP contribution >= 0.6 is 0 Å². The summed E-state index contributed by atoms with van der Waals surface area (Å²) in [5, 5.41) is 9.69. The van der Waals surface area contributed by atoms with Gasteiger partial charge in [0.15, 0.2) is 0 Å². The molecule has 3 heteroatoms. The molecule has 2 atom stereocenters. The van der Waals surface area contributed by atoms with Gasteiger partial charge in [-0.15, -0.1) is 0 Å². The molecule has 0 saturated heterocycles. The Kier molecular flexibility index (Phi) is 6.29. The van der Waals surface area contributed by atoms with Gasteiger partial charge >= 0.3 is 5.97 Å². The van der Waals surface area contributed by atoms with Gasteiger partial charge in [0, 0.05) is 13.7 Å². The smallest absolute Gasteiger partial charge is 0.314 e. The number of carboxylic acids is 1. The van der Waals surface area contributed by atoms with Crippen LogP contribution in [0.1, 0.15) is 46.0 Å². The number of hydrogen-bond donors (Lipinski definition) is 1. The van der Waals surface area contributed by atoms with Crippen molar-refractivity contribution in [3.63, 3.8) is 0 Å². The molecular formula is C16H26O3. The third kappa shape index (κ3) is 3.69. The fourth-order valence-electron chi connectivity index (χ4n) is 2.81. The SMILES string of the molecule is CCCCCC1(C(=O)O)C=CC=C(CCOC)C1C. The van der Waals surface area contributed by atoms with Crippen LogP contribution in [0.25, 0.3) is 0 Å². The first kappa shape index (κ1) is 16.0. The Labute approximate surface area is 116 Å². The van der Waals surface area contributed by atoms with Gasteiger partial charge in [-0.3, -0.25) is 4.79 Å². The number of aliphatic carboxylic acids is 1. The molecule has 108 valence electrons. The number of methoxy groups -OCH3 is 1. The van der Waals surface area contributed by atoms with Gasteiger partial charge in [-0.25, -0.2) is 0 Å². The third-order valence-electron chi connectivity index (χ3n) is 4.22. The average Bonchev–Trinajstić information content (AvgIpc) is 2.39. The number of allylic oxidation sites excluding steroid dienone is 2. The summed E-state index contributed by atoms with van der Waals surface area (Å²) in [4.78, 5) is 11.8. The Morgan fingerprint density at radius 3 is 2.79 bits per heavy atom. The molecule has 0 aromatic rings. The zero-order valence-electron chi connectivity index (χ0n) is 12.3. The lowest BCUT2D eigenvalue weighted by Crippen LogP contribution is -2.38. The quantitative estimate of drug-likeness (QED) is 0.680. The van der Waals surface area contributed by atoms with Crippen LogP contribution in [0.15, 0.2) is 23.8 Å². The molecule has 0 saturated carbocycles. The van der Waals surface area contributed by atoms with Crippen LogP contribution < -0.4 is 0 Å². The van der Waals surface area contributed by atoms with Gasteiger partial charge < -0.3 is 9.84 Å². The van der Waals surface area contributed by atoms with E-state index in [0.29, 0.717) is 6.61 Å². The molecule has 0 spiro atoms. The van der Waals surface area contributed by atoms with Gasteiger partial charge in [0.05, 0.1) is 5.41 Å². The molecule has 1 aliphatic carbocycles. The predicted molar refractivity (Wildman–Crippen MR) is 77.1 cm³/mol. The van der Waals surface area contributed by atoms with Crippen molar-refractivity contribution in [2.75, 3.05) is 13.7 Å². The van der Waals surface area contributed by atoms with E-state index in [1.807, 2.05) is 25.2 Å². The van der Waals surface area contributed by atoms with E-state index in [4.69, 9.17) is 4.74 Å². The maximum absolute atomic E-state index is 11.8. The van der Waals surface area contributed by atoms with Crippen LogP contribution in [0.5, 0.6) is 0 Å². The van der Waals surface area contributed by atoms with Crippen LogP contribution in [0.4, 0.5) is 0 Å². The van der Waals surface area contributed by atoms with Crippen LogP contribution in [0.2, 0.25) is 0 Å². The summed E-state index contributed by atoms with van der Waals surface area (Å²) >= 11 is 0. The Bertz CT molecular complexity index is 357. The van der Waals surface area contributed by atoms with E-state index in [-0.39, 0.29) is 5.92 Å². The second kappa shape index (κ2) is 7.49. The Hall–Kier alpha value is -1.09. The van der Waals surface area contributed by atoms with E-state index in [0.717, 1.165) is 32.1 Å². The number of carbonyl (C=O) groups is 1. The van der Waals surface area contributed by atoms with Gasteiger partial charge in [0.25, 0.3) is 0 Å². The van der Waals surface area contributed by atoms with Crippen molar-refractivity contribution in [3.8, 4) is 0 Å². The monoisotopic (exact) mass is 266 g/mol. The summed E-state index contributed by atoms with van der Waals surface area (Å²) in [7, 11) is 1.68. The van der Waals surface area contributed by atoms with E-state index >= 15 is 0 Å². The third-order valence-corrected chi connectivity index (χ3v) is 4.22. The number of ether oxygens (including phenoxy) is 1. The van der Waals surface area contributed by atoms with Crippen molar-refractivity contribution in [2.45, 2.75) is 46.0 Å². The first-order valence-corrected chi connectivity index (χ1v) is 7.19. The molecule has 0 bridgehead atoms. The highest BCUT2D eigenvalue weighted by atomic mass is 16.5. The zero-order valence-corrected chi connectivity index (χ0v) is 12.3. The van der Waals surface area contributed by atoms with Gasteiger partial charge in [-0.2, -0.15) is 0 Å². The summed E-state index contributed by atoms with van der Waals surface area (Å²) in [5.74, 6) is -0.655. The van der Waals surface area contributed by atoms with Crippen LogP contribution in [0, 0.1) is 11.3 Å². The highest BCUT2D eigenvalue weighted by Crippen LogP contribution is 2.43. The van der Waals surface area contributed by atoms with Crippen molar-refractivity contribution in [2.24, 2.45) is 11.3 Å². The van der Waals surface area contributed by atoms with Crippen LogP contribution in [-0.4, -0.2) is 24.8 Å². The first-order valence-electron chi connectivity index (χ1n) is 7.19. The van der Waals surface area contributed by atoms with Crippen molar-refractivity contribution < 1.29 is 14.6 Å². The first-order chi connectivity index (χ1) is 9.08. The average molecular weight is 266 g/mol. The Morgan fingerprint density at radius 1 is 1.47 bits per heavy atom. The number of hydrogen-bond acceptors (Lipinski definition) is 2. The second-order valence-corrected chi connectivity index (χ2v) is 5.37. The van der Waals surface area contributed by atoms with Crippen molar-refractivity contribution >= 4 is 5.97 Å². The molecule has 1 aliphatic rings. The van der Waals surface area contributed by atoms with E-state index < -0.39 is 11.4 Å². The fourth-order valence-corrected chi connectivity index (χ4v) is 2.81. The molecule has 0 aliphatic heterocycles. The fraction of sp³-hybridized carbons (Fsp3) is 0.688. The highest BCUT2D eigenvalue weighted by Gasteiger charge is 2.43. The van der Waals surface area contributed by atoms with Crippen LogP contribution in [0.3, 0.4) is 0 Å². The van der Waals surface area contributed by atoms with Crippen molar-refractivity contribution in [3.05, 3.63) is 23.8 Å². The lowest BCUT2D eigenvalue weighted by atomic mass is 9.66. The minimum atomic E-state index is -0.729. The van der Waals surface area contributed by atoms with E-state index in [9.17, 15) is 9.90 Å². The largest absolute Gasteiger partial charge is 0.481 e. The van der Waals surface area contributed by atoms with Gasteiger partial charge in [-0.1, -0.05) is 56.9 Å². The van der Waals surface area contributed by atoms with E-state index in [1.165, 1.54) is 5.57 Å². The van der Waals surface area contributed by atoms with Gasteiger partial charge in [-0.05, 0) is 18.8 Å². The maximum atomic E-state index is 11.8. The minimum Gasteiger partial charge on any atom is -0.481 e. The van der Waals surface area contributed by atoms with Crippen LogP contribution in [-0.2, 0) is 9.53 Å². The summed E-state index contributed by atoms with van der Waals surface area (Å²) in [5.41, 5.74) is 0.454. The molecule has 0 aromatic carbocycles. The maximum Gasteiger partial charge on any atom is 0.314 e. The topological polar surface area (TPSA) is 46.5 Å². The second-order valence-electron chi connectivity index (χ2n) is 5.37. The molecular weight excluding hydrogens is 240 g/mol. The molecule has 1 N–H and O–H groups in total. The molecule has 0 heterocycles. The molecule has 2 unspecified atom stereocenters. The zero-order chi connectivity index (χ0) is 14.3. The Morgan fingerprint density at radius 2 is 2.21 bits per heavy atom. The molecule has 0 amide bonds. The molecule has 0 radical (unpaired) electrons. The lowest BCUT2D eigenvalue weighted by molar-refractivity contribution is -0.148. The summed E-state index contributed by atoms with van der Waals surface area (Å²) in [6.45, 7) is 4.82. The number of carboxylic acid groups (broad SMARTS) is 1. The molecule has 0 fully saturated rings. The summed E-state index contributed by atoms with van der Waals surface area (Å²) in [6, 6.07) is 0. The van der Waals surface area contributed by atoms with Gasteiger partial charge in [0.1, 0.15) is 0 Å². The van der Waals surface area contributed by atoms with E-state index in [2.05, 4.69) is 6.92 Å². The molecule has 3 nitrogen and oxygen atoms in total. The number of unbranched alkanes of at least 4 members (excludes halogenated alkanes) is 2. The summed E-state index contributed by atoms with van der Waals surface area (Å²) < 4.78 is 5.11. The standard InChI is InChI=1S/C16H26O3/c1-4-5-6-10-16(15(17)18)11-7-8-14(13(16)2)9-12-19-3/h7-8,11,13H,4-6,9-10,12H2,1-3H3,(H,17,18). The predicted octanol–water partition coefficient (Wildman–Crippen LogP) is 3.81. The Balaban J connectivity index is 2.84. The highest BCUT2D eigenvalue weighted by molar-refractivity contribution is 5.78. The minimum absolute atomic E-state index is 0.0435. The summed E-state index contributed by atoms with van der Waals surface area (Å²) in [6.07, 6.45) is 10.5. The normalized spacial score (nSPS) is 26.3. The van der Waals surface area contributed by atoms with Crippen molar-refractivity contribution in [1.82, 2.24) is 0 Å². The lowest BCUT2D eigenvalue weighted by Gasteiger charge is -2.36. The van der Waals surface area contributed by atoms with Crippen molar-refractivity contribution in [1.29, 1.82) is 0 Å². The van der Waals surface area contributed by atoms with Gasteiger partial charge in [0.2, 0.25) is 0 Å². The molecule has 1 rings (SSSR count).